The van der Waals surface area contributed by atoms with E-state index in [0.717, 1.165) is 16.8 Å². The number of nitrogens with one attached hydrogen (secondary N) is 1. The third-order valence-corrected chi connectivity index (χ3v) is 6.22. The Kier molecular flexibility index (Phi) is 5.30. The van der Waals surface area contributed by atoms with Crippen molar-refractivity contribution in [2.45, 2.75) is 39.8 Å². The van der Waals surface area contributed by atoms with E-state index < -0.39 is 0 Å². The number of amides is 1. The highest BCUT2D eigenvalue weighted by molar-refractivity contribution is 7.17. The molecule has 0 atom stereocenters. The van der Waals surface area contributed by atoms with Gasteiger partial charge in [0.1, 0.15) is 10.5 Å². The molecule has 1 aliphatic heterocycles. The number of carbonyl (C=O) groups excluding carboxylic acids is 1. The predicted octanol–water partition coefficient (Wildman–Crippen LogP) is 2.74. The van der Waals surface area contributed by atoms with Crippen molar-refractivity contribution >= 4 is 33.2 Å². The molecule has 1 N–H and O–H groups in total. The molecular formula is C22H23N5O4S. The minimum atomic E-state index is -0.0866. The van der Waals surface area contributed by atoms with E-state index in [1.807, 2.05) is 34.0 Å². The van der Waals surface area contributed by atoms with E-state index in [0.29, 0.717) is 41.6 Å². The summed E-state index contributed by atoms with van der Waals surface area (Å²) in [7, 11) is 0. The number of hydrogen-bond donors (Lipinski definition) is 1. The fraction of sp³-hybridized carbons (Fsp3) is 0.364. The van der Waals surface area contributed by atoms with Gasteiger partial charge in [-0.25, -0.2) is 0 Å². The molecule has 32 heavy (non-hydrogen) atoms. The average Bonchev–Trinajstić information content (AvgIpc) is 3.51. The quantitative estimate of drug-likeness (QED) is 0.462. The molecule has 0 fully saturated rings. The van der Waals surface area contributed by atoms with Crippen LogP contribution < -0.4 is 20.3 Å². The Balaban J connectivity index is 1.33. The highest BCUT2D eigenvalue weighted by Gasteiger charge is 2.19. The van der Waals surface area contributed by atoms with Gasteiger partial charge in [-0.1, -0.05) is 19.9 Å². The van der Waals surface area contributed by atoms with E-state index in [4.69, 9.17) is 9.47 Å². The molecule has 1 amide bonds. The Morgan fingerprint density at radius 2 is 2.06 bits per heavy atom. The van der Waals surface area contributed by atoms with E-state index in [9.17, 15) is 9.59 Å². The monoisotopic (exact) mass is 453 g/mol. The van der Waals surface area contributed by atoms with Crippen molar-refractivity contribution in [3.8, 4) is 11.5 Å². The molecular weight excluding hydrogens is 430 g/mol. The Labute approximate surface area is 187 Å². The van der Waals surface area contributed by atoms with E-state index in [-0.39, 0.29) is 30.6 Å². The SMILES string of the molecule is CC(C)Cn1c(=O)c2sccc2n2c(CCC(=O)NCc3ccc4c(c3)OCO4)nnc12. The van der Waals surface area contributed by atoms with Crippen LogP contribution in [-0.2, 0) is 24.3 Å². The van der Waals surface area contributed by atoms with Crippen molar-refractivity contribution in [1.82, 2.24) is 24.5 Å². The summed E-state index contributed by atoms with van der Waals surface area (Å²) in [6.45, 7) is 5.30. The van der Waals surface area contributed by atoms with Crippen molar-refractivity contribution < 1.29 is 14.3 Å². The van der Waals surface area contributed by atoms with Crippen LogP contribution in [-0.4, -0.2) is 31.9 Å². The van der Waals surface area contributed by atoms with Gasteiger partial charge in [0.2, 0.25) is 18.5 Å². The number of benzene rings is 1. The summed E-state index contributed by atoms with van der Waals surface area (Å²) >= 11 is 1.41. The summed E-state index contributed by atoms with van der Waals surface area (Å²) in [6, 6.07) is 7.52. The molecule has 4 aromatic rings. The lowest BCUT2D eigenvalue weighted by Crippen LogP contribution is -2.25. The third-order valence-electron chi connectivity index (χ3n) is 5.33. The normalized spacial score (nSPS) is 12.8. The Bertz CT molecular complexity index is 1370. The van der Waals surface area contributed by atoms with Gasteiger partial charge >= 0.3 is 0 Å². The first kappa shape index (κ1) is 20.5. The average molecular weight is 454 g/mol. The largest absolute Gasteiger partial charge is 0.454 e. The lowest BCUT2D eigenvalue weighted by Gasteiger charge is -2.11. The van der Waals surface area contributed by atoms with E-state index in [2.05, 4.69) is 29.4 Å². The van der Waals surface area contributed by atoms with Crippen molar-refractivity contribution in [1.29, 1.82) is 0 Å². The van der Waals surface area contributed by atoms with Gasteiger partial charge in [0.15, 0.2) is 11.5 Å². The van der Waals surface area contributed by atoms with E-state index >= 15 is 0 Å². The molecule has 3 aromatic heterocycles. The zero-order valence-electron chi connectivity index (χ0n) is 17.8. The highest BCUT2D eigenvalue weighted by Crippen LogP contribution is 2.32. The van der Waals surface area contributed by atoms with Crippen LogP contribution in [0.2, 0.25) is 0 Å². The van der Waals surface area contributed by atoms with Gasteiger partial charge < -0.3 is 14.8 Å². The maximum absolute atomic E-state index is 12.9. The van der Waals surface area contributed by atoms with Gasteiger partial charge in [0, 0.05) is 25.9 Å². The van der Waals surface area contributed by atoms with Crippen molar-refractivity contribution in [3.05, 3.63) is 51.4 Å². The molecule has 9 nitrogen and oxygen atoms in total. The predicted molar refractivity (Wildman–Crippen MR) is 120 cm³/mol. The first-order chi connectivity index (χ1) is 15.5. The van der Waals surface area contributed by atoms with Crippen LogP contribution >= 0.6 is 11.3 Å². The lowest BCUT2D eigenvalue weighted by atomic mass is 10.2. The lowest BCUT2D eigenvalue weighted by molar-refractivity contribution is -0.121. The number of nitrogens with zero attached hydrogens (tertiary/aromatic N) is 4. The number of hydrogen-bond acceptors (Lipinski definition) is 7. The molecule has 0 radical (unpaired) electrons. The Hall–Kier alpha value is -3.40. The van der Waals surface area contributed by atoms with Crippen molar-refractivity contribution in [2.75, 3.05) is 6.79 Å². The van der Waals surface area contributed by atoms with Crippen molar-refractivity contribution in [2.24, 2.45) is 5.92 Å². The van der Waals surface area contributed by atoms with Crippen molar-refractivity contribution in [3.63, 3.8) is 0 Å². The van der Waals surface area contributed by atoms with Crippen LogP contribution in [0.15, 0.2) is 34.4 Å². The first-order valence-corrected chi connectivity index (χ1v) is 11.4. The number of aromatic nitrogens is 4. The smallest absolute Gasteiger partial charge is 0.272 e. The van der Waals surface area contributed by atoms with Gasteiger partial charge in [-0.15, -0.1) is 21.5 Å². The van der Waals surface area contributed by atoms with Gasteiger partial charge in [-0.05, 0) is 35.1 Å². The second-order valence-electron chi connectivity index (χ2n) is 8.16. The molecule has 10 heteroatoms. The molecule has 1 aliphatic rings. The summed E-state index contributed by atoms with van der Waals surface area (Å²) in [5.74, 6) is 2.80. The standard InChI is InChI=1S/C22H23N5O4S/c1-13(2)11-26-21(29)20-15(7-8-32-20)27-18(24-25-22(26)27)5-6-19(28)23-10-14-3-4-16-17(9-14)31-12-30-16/h3-4,7-9,13H,5-6,10-12H2,1-2H3,(H,23,28). The highest BCUT2D eigenvalue weighted by atomic mass is 32.1. The Morgan fingerprint density at radius 3 is 2.91 bits per heavy atom. The van der Waals surface area contributed by atoms with Crippen LogP contribution in [0.1, 0.15) is 31.7 Å². The molecule has 4 heterocycles. The molecule has 0 saturated heterocycles. The first-order valence-electron chi connectivity index (χ1n) is 10.5. The molecule has 0 aliphatic carbocycles. The number of rotatable bonds is 7. The summed E-state index contributed by atoms with van der Waals surface area (Å²) < 4.78 is 14.9. The van der Waals surface area contributed by atoms with Crippen LogP contribution in [0.4, 0.5) is 0 Å². The van der Waals surface area contributed by atoms with Gasteiger partial charge in [-0.3, -0.25) is 18.6 Å². The molecule has 0 bridgehead atoms. The number of aryl methyl sites for hydroxylation is 1. The number of thiophene rings is 1. The van der Waals surface area contributed by atoms with Crippen LogP contribution in [0.5, 0.6) is 11.5 Å². The topological polar surface area (TPSA) is 99.8 Å². The minimum absolute atomic E-state index is 0.0448. The number of fused-ring (bicyclic) bond motifs is 4. The maximum atomic E-state index is 12.9. The zero-order chi connectivity index (χ0) is 22.2. The minimum Gasteiger partial charge on any atom is -0.454 e. The van der Waals surface area contributed by atoms with Crippen LogP contribution in [0.25, 0.3) is 16.0 Å². The fourth-order valence-electron chi connectivity index (χ4n) is 3.84. The summed E-state index contributed by atoms with van der Waals surface area (Å²) in [5, 5.41) is 13.4. The third kappa shape index (κ3) is 3.70. The maximum Gasteiger partial charge on any atom is 0.272 e. The number of ether oxygens (including phenoxy) is 2. The van der Waals surface area contributed by atoms with Gasteiger partial charge in [0.25, 0.3) is 5.56 Å². The Morgan fingerprint density at radius 1 is 1.22 bits per heavy atom. The number of carbonyl (C=O) groups is 1. The van der Waals surface area contributed by atoms with Crippen LogP contribution in [0.3, 0.4) is 0 Å². The van der Waals surface area contributed by atoms with Crippen LogP contribution in [0, 0.1) is 5.92 Å². The fourth-order valence-corrected chi connectivity index (χ4v) is 4.66. The van der Waals surface area contributed by atoms with Gasteiger partial charge in [0.05, 0.1) is 5.52 Å². The molecule has 1 aromatic carbocycles. The molecule has 5 rings (SSSR count). The summed E-state index contributed by atoms with van der Waals surface area (Å²) in [6.07, 6.45) is 0.680. The van der Waals surface area contributed by atoms with E-state index in [1.165, 1.54) is 11.3 Å². The summed E-state index contributed by atoms with van der Waals surface area (Å²) in [5.41, 5.74) is 1.68. The van der Waals surface area contributed by atoms with Gasteiger partial charge in [-0.2, -0.15) is 0 Å². The summed E-state index contributed by atoms with van der Waals surface area (Å²) in [4.78, 5) is 25.4. The second kappa shape index (κ2) is 8.27. The second-order valence-corrected chi connectivity index (χ2v) is 9.08. The van der Waals surface area contributed by atoms with E-state index in [1.54, 1.807) is 4.57 Å². The molecule has 166 valence electrons. The molecule has 0 unspecified atom stereocenters. The molecule has 0 saturated carbocycles. The zero-order valence-corrected chi connectivity index (χ0v) is 18.6. The molecule has 0 spiro atoms.